The predicted molar refractivity (Wildman–Crippen MR) is 109 cm³/mol. The molecule has 150 valence electrons. The van der Waals surface area contributed by atoms with Crippen LogP contribution in [-0.4, -0.2) is 26.9 Å². The van der Waals surface area contributed by atoms with Gasteiger partial charge in [0.05, 0.1) is 12.3 Å². The third-order valence-corrected chi connectivity index (χ3v) is 4.17. The summed E-state index contributed by atoms with van der Waals surface area (Å²) < 4.78 is 1.70. The number of carbonyl (C=O) groups excluding carboxylic acids is 1. The smallest absolute Gasteiger partial charge is 0.303 e. The van der Waals surface area contributed by atoms with Crippen molar-refractivity contribution in [3.8, 4) is 0 Å². The summed E-state index contributed by atoms with van der Waals surface area (Å²) in [5.41, 5.74) is 5.22. The van der Waals surface area contributed by atoms with Crippen molar-refractivity contribution in [1.29, 1.82) is 0 Å². The SMILES string of the molecule is Cc1ccc(C=C(O/N=C\C(CC(C)(C)C)n2cncn2)C(=O)NN)cc1C. The number of aryl methyl sites for hydroxylation is 2. The van der Waals surface area contributed by atoms with Gasteiger partial charge in [-0.05, 0) is 48.4 Å². The van der Waals surface area contributed by atoms with E-state index in [4.69, 9.17) is 10.7 Å². The minimum Gasteiger partial charge on any atom is -0.351 e. The Hall–Kier alpha value is -3.00. The Morgan fingerprint density at radius 1 is 1.36 bits per heavy atom. The summed E-state index contributed by atoms with van der Waals surface area (Å²) in [6.45, 7) is 10.4. The van der Waals surface area contributed by atoms with Crippen LogP contribution >= 0.6 is 0 Å². The van der Waals surface area contributed by atoms with Crippen LogP contribution < -0.4 is 11.3 Å². The number of amides is 1. The van der Waals surface area contributed by atoms with Crippen LogP contribution in [0.3, 0.4) is 0 Å². The molecule has 2 aromatic rings. The maximum atomic E-state index is 12.1. The van der Waals surface area contributed by atoms with Crippen LogP contribution in [0.15, 0.2) is 41.8 Å². The molecule has 1 aromatic carbocycles. The van der Waals surface area contributed by atoms with Crippen molar-refractivity contribution < 1.29 is 9.63 Å². The van der Waals surface area contributed by atoms with Crippen molar-refractivity contribution in [2.75, 3.05) is 0 Å². The topological polar surface area (TPSA) is 107 Å². The monoisotopic (exact) mass is 384 g/mol. The first-order valence-electron chi connectivity index (χ1n) is 9.04. The van der Waals surface area contributed by atoms with E-state index in [1.54, 1.807) is 23.3 Å². The molecule has 0 aliphatic carbocycles. The first-order chi connectivity index (χ1) is 13.2. The van der Waals surface area contributed by atoms with E-state index in [9.17, 15) is 4.79 Å². The van der Waals surface area contributed by atoms with Gasteiger partial charge < -0.3 is 4.84 Å². The number of hydrogen-bond donors (Lipinski definition) is 2. The zero-order valence-corrected chi connectivity index (χ0v) is 17.0. The molecule has 0 aliphatic rings. The van der Waals surface area contributed by atoms with Crippen LogP contribution in [0, 0.1) is 19.3 Å². The van der Waals surface area contributed by atoms with Crippen molar-refractivity contribution in [1.82, 2.24) is 20.2 Å². The van der Waals surface area contributed by atoms with E-state index in [0.29, 0.717) is 0 Å². The number of aromatic nitrogens is 3. The van der Waals surface area contributed by atoms with E-state index in [1.807, 2.05) is 32.0 Å². The summed E-state index contributed by atoms with van der Waals surface area (Å²) in [7, 11) is 0. The van der Waals surface area contributed by atoms with E-state index in [2.05, 4.69) is 41.4 Å². The van der Waals surface area contributed by atoms with Crippen LogP contribution in [0.1, 0.15) is 49.9 Å². The van der Waals surface area contributed by atoms with Gasteiger partial charge in [-0.1, -0.05) is 44.1 Å². The number of nitrogens with one attached hydrogen (secondary N) is 1. The van der Waals surface area contributed by atoms with Crippen LogP contribution in [0.25, 0.3) is 6.08 Å². The van der Waals surface area contributed by atoms with Crippen molar-refractivity contribution in [2.45, 2.75) is 47.1 Å². The Morgan fingerprint density at radius 2 is 2.11 bits per heavy atom. The highest BCUT2D eigenvalue weighted by atomic mass is 16.6. The number of hydrazine groups is 1. The van der Waals surface area contributed by atoms with Crippen LogP contribution in [0.2, 0.25) is 0 Å². The number of oxime groups is 1. The molecule has 0 saturated carbocycles. The molecular formula is C20H28N6O2. The van der Waals surface area contributed by atoms with Crippen molar-refractivity contribution in [3.05, 3.63) is 53.3 Å². The van der Waals surface area contributed by atoms with Gasteiger partial charge in [-0.2, -0.15) is 5.10 Å². The second-order valence-electron chi connectivity index (χ2n) is 7.88. The molecule has 1 aromatic heterocycles. The van der Waals surface area contributed by atoms with Gasteiger partial charge in [0.15, 0.2) is 0 Å². The zero-order chi connectivity index (χ0) is 20.7. The van der Waals surface area contributed by atoms with Gasteiger partial charge in [-0.15, -0.1) is 0 Å². The predicted octanol–water partition coefficient (Wildman–Crippen LogP) is 2.91. The average Bonchev–Trinajstić information content (AvgIpc) is 3.16. The Morgan fingerprint density at radius 3 is 2.68 bits per heavy atom. The van der Waals surface area contributed by atoms with Crippen molar-refractivity contribution in [2.24, 2.45) is 16.4 Å². The molecule has 1 amide bonds. The Labute approximate surface area is 165 Å². The lowest BCUT2D eigenvalue weighted by Gasteiger charge is -2.23. The molecule has 0 radical (unpaired) electrons. The minimum atomic E-state index is -0.566. The molecule has 1 unspecified atom stereocenters. The molecule has 1 heterocycles. The van der Waals surface area contributed by atoms with Gasteiger partial charge in [-0.3, -0.25) is 10.2 Å². The second kappa shape index (κ2) is 9.27. The number of hydrogen-bond acceptors (Lipinski definition) is 6. The fourth-order valence-electron chi connectivity index (χ4n) is 2.60. The van der Waals surface area contributed by atoms with E-state index in [0.717, 1.165) is 17.5 Å². The normalized spacial score (nSPS) is 13.6. The molecule has 0 spiro atoms. The Balaban J connectivity index is 2.22. The first-order valence-corrected chi connectivity index (χ1v) is 9.04. The van der Waals surface area contributed by atoms with Crippen LogP contribution in [0.4, 0.5) is 0 Å². The molecule has 8 nitrogen and oxygen atoms in total. The summed E-state index contributed by atoms with van der Waals surface area (Å²) in [5, 5.41) is 8.20. The molecule has 0 aliphatic heterocycles. The summed E-state index contributed by atoms with van der Waals surface area (Å²) in [6, 6.07) is 5.68. The fourth-order valence-corrected chi connectivity index (χ4v) is 2.60. The van der Waals surface area contributed by atoms with Crippen molar-refractivity contribution >= 4 is 18.2 Å². The number of nitrogens with two attached hydrogens (primary N) is 1. The fraction of sp³-hybridized carbons (Fsp3) is 0.400. The largest absolute Gasteiger partial charge is 0.351 e. The van der Waals surface area contributed by atoms with E-state index in [1.165, 1.54) is 11.9 Å². The van der Waals surface area contributed by atoms with Gasteiger partial charge in [0.25, 0.3) is 0 Å². The Bertz CT molecular complexity index is 850. The number of carbonyl (C=O) groups is 1. The number of benzene rings is 1. The number of nitrogens with zero attached hydrogens (tertiary/aromatic N) is 4. The lowest BCUT2D eigenvalue weighted by atomic mass is 9.88. The van der Waals surface area contributed by atoms with Crippen LogP contribution in [0.5, 0.6) is 0 Å². The van der Waals surface area contributed by atoms with Gasteiger partial charge in [0.2, 0.25) is 5.76 Å². The molecule has 1 atom stereocenters. The zero-order valence-electron chi connectivity index (χ0n) is 17.0. The minimum absolute atomic E-state index is 0.00454. The summed E-state index contributed by atoms with van der Waals surface area (Å²) in [4.78, 5) is 21.4. The van der Waals surface area contributed by atoms with Gasteiger partial charge >= 0.3 is 5.91 Å². The average molecular weight is 384 g/mol. The quantitative estimate of drug-likeness (QED) is 0.191. The standard InChI is InChI=1S/C20H28N6O2/c1-14-6-7-16(8-15(14)2)9-18(19(27)25-21)28-24-11-17(10-20(3,4)5)26-13-22-12-23-26/h6-9,11-13,17H,10,21H2,1-5H3,(H,25,27)/b18-9?,24-11-. The second-order valence-corrected chi connectivity index (χ2v) is 7.88. The number of rotatable bonds is 7. The summed E-state index contributed by atoms with van der Waals surface area (Å²) in [6.07, 6.45) is 7.07. The molecule has 0 saturated heterocycles. The molecule has 0 fully saturated rings. The highest BCUT2D eigenvalue weighted by Gasteiger charge is 2.20. The van der Waals surface area contributed by atoms with E-state index < -0.39 is 5.91 Å². The van der Waals surface area contributed by atoms with Gasteiger partial charge in [0, 0.05) is 0 Å². The van der Waals surface area contributed by atoms with E-state index >= 15 is 0 Å². The Kier molecular flexibility index (Phi) is 7.06. The molecule has 28 heavy (non-hydrogen) atoms. The highest BCUT2D eigenvalue weighted by Crippen LogP contribution is 2.26. The highest BCUT2D eigenvalue weighted by molar-refractivity contribution is 5.95. The molecule has 0 bridgehead atoms. The maximum Gasteiger partial charge on any atom is 0.303 e. The lowest BCUT2D eigenvalue weighted by Crippen LogP contribution is -2.31. The van der Waals surface area contributed by atoms with Crippen molar-refractivity contribution in [3.63, 3.8) is 0 Å². The van der Waals surface area contributed by atoms with Gasteiger partial charge in [-0.25, -0.2) is 15.5 Å². The lowest BCUT2D eigenvalue weighted by molar-refractivity contribution is -0.120. The summed E-state index contributed by atoms with van der Waals surface area (Å²) in [5.74, 6) is 4.71. The third kappa shape index (κ3) is 6.31. The molecule has 2 rings (SSSR count). The van der Waals surface area contributed by atoms with E-state index in [-0.39, 0.29) is 17.2 Å². The maximum absolute atomic E-state index is 12.1. The van der Waals surface area contributed by atoms with Crippen LogP contribution in [-0.2, 0) is 9.63 Å². The summed E-state index contributed by atoms with van der Waals surface area (Å²) >= 11 is 0. The molecular weight excluding hydrogens is 356 g/mol. The van der Waals surface area contributed by atoms with Gasteiger partial charge in [0.1, 0.15) is 12.7 Å². The molecule has 8 heteroatoms. The first kappa shape index (κ1) is 21.3. The third-order valence-electron chi connectivity index (χ3n) is 4.17. The molecule has 3 N–H and O–H groups in total.